The Morgan fingerprint density at radius 3 is 2.60 bits per heavy atom. The molecule has 0 saturated heterocycles. The normalized spacial score (nSPS) is 22.4. The molecule has 3 N–H and O–H groups in total. The zero-order valence-corrected chi connectivity index (χ0v) is 11.0. The summed E-state index contributed by atoms with van der Waals surface area (Å²) in [6, 6.07) is 3.10. The van der Waals surface area contributed by atoms with Gasteiger partial charge in [-0.15, -0.1) is 0 Å². The molecule has 1 aromatic carbocycles. The van der Waals surface area contributed by atoms with Crippen molar-refractivity contribution in [2.75, 3.05) is 11.9 Å². The lowest BCUT2D eigenvalue weighted by Crippen LogP contribution is -2.40. The molecule has 4 nitrogen and oxygen atoms in total. The van der Waals surface area contributed by atoms with Gasteiger partial charge in [0.25, 0.3) is 0 Å². The van der Waals surface area contributed by atoms with Gasteiger partial charge in [0.2, 0.25) is 0 Å². The minimum atomic E-state index is -1.06. The molecule has 1 aliphatic rings. The number of urea groups is 1. The number of anilines is 1. The first-order chi connectivity index (χ1) is 9.60. The van der Waals surface area contributed by atoms with Crippen molar-refractivity contribution < 1.29 is 18.7 Å². The zero-order chi connectivity index (χ0) is 14.5. The highest BCUT2D eigenvalue weighted by molar-refractivity contribution is 5.89. The van der Waals surface area contributed by atoms with Crippen LogP contribution in [-0.2, 0) is 0 Å². The fraction of sp³-hybridized carbons (Fsp3) is 0.500. The molecule has 0 aliphatic heterocycles. The molecule has 110 valence electrons. The van der Waals surface area contributed by atoms with Gasteiger partial charge in [0.1, 0.15) is 0 Å². The summed E-state index contributed by atoms with van der Waals surface area (Å²) in [7, 11) is 0. The number of aliphatic hydroxyl groups is 1. The molecule has 0 atom stereocenters. The molecule has 1 saturated carbocycles. The first-order valence-electron chi connectivity index (χ1n) is 6.72. The predicted octanol–water partition coefficient (Wildman–Crippen LogP) is 2.64. The highest BCUT2D eigenvalue weighted by atomic mass is 19.2. The van der Waals surface area contributed by atoms with E-state index in [4.69, 9.17) is 5.11 Å². The van der Waals surface area contributed by atoms with Crippen molar-refractivity contribution in [1.82, 2.24) is 5.32 Å². The summed E-state index contributed by atoms with van der Waals surface area (Å²) in [6.45, 7) is 0.174. The SMILES string of the molecule is O=C(Nc1cccc(F)c1F)NC1CCC(CO)CC1. The van der Waals surface area contributed by atoms with E-state index in [1.165, 1.54) is 12.1 Å². The molecule has 0 aromatic heterocycles. The van der Waals surface area contributed by atoms with E-state index in [0.29, 0.717) is 5.92 Å². The van der Waals surface area contributed by atoms with Crippen LogP contribution in [0.3, 0.4) is 0 Å². The lowest BCUT2D eigenvalue weighted by Gasteiger charge is -2.27. The average molecular weight is 284 g/mol. The van der Waals surface area contributed by atoms with Crippen LogP contribution in [0.2, 0.25) is 0 Å². The maximum atomic E-state index is 13.4. The molecule has 6 heteroatoms. The summed E-state index contributed by atoms with van der Waals surface area (Å²) in [4.78, 5) is 11.7. The van der Waals surface area contributed by atoms with Crippen molar-refractivity contribution in [3.8, 4) is 0 Å². The third-order valence-electron chi connectivity index (χ3n) is 3.64. The Kier molecular flexibility index (Phi) is 4.89. The van der Waals surface area contributed by atoms with Gasteiger partial charge in [-0.1, -0.05) is 6.07 Å². The number of rotatable bonds is 3. The molecule has 0 unspecified atom stereocenters. The highest BCUT2D eigenvalue weighted by Crippen LogP contribution is 2.24. The van der Waals surface area contributed by atoms with E-state index in [0.717, 1.165) is 31.7 Å². The van der Waals surface area contributed by atoms with Gasteiger partial charge < -0.3 is 15.7 Å². The Morgan fingerprint density at radius 1 is 1.25 bits per heavy atom. The second kappa shape index (κ2) is 6.65. The van der Waals surface area contributed by atoms with Crippen LogP contribution in [0.25, 0.3) is 0 Å². The Labute approximate surface area is 116 Å². The van der Waals surface area contributed by atoms with Crippen molar-refractivity contribution in [1.29, 1.82) is 0 Å². The summed E-state index contributed by atoms with van der Waals surface area (Å²) in [6.07, 6.45) is 3.28. The Hall–Kier alpha value is -1.69. The third-order valence-corrected chi connectivity index (χ3v) is 3.64. The van der Waals surface area contributed by atoms with Crippen LogP contribution >= 0.6 is 0 Å². The number of amides is 2. The fourth-order valence-electron chi connectivity index (χ4n) is 2.43. The second-order valence-electron chi connectivity index (χ2n) is 5.10. The zero-order valence-electron chi connectivity index (χ0n) is 11.0. The van der Waals surface area contributed by atoms with Crippen molar-refractivity contribution in [2.24, 2.45) is 5.92 Å². The Balaban J connectivity index is 1.85. The van der Waals surface area contributed by atoms with Gasteiger partial charge in [-0.25, -0.2) is 13.6 Å². The van der Waals surface area contributed by atoms with Crippen molar-refractivity contribution in [3.05, 3.63) is 29.8 Å². The first-order valence-corrected chi connectivity index (χ1v) is 6.72. The second-order valence-corrected chi connectivity index (χ2v) is 5.10. The van der Waals surface area contributed by atoms with Gasteiger partial charge >= 0.3 is 6.03 Å². The summed E-state index contributed by atoms with van der Waals surface area (Å²) in [5.41, 5.74) is -0.174. The molecule has 0 spiro atoms. The monoisotopic (exact) mass is 284 g/mol. The van der Waals surface area contributed by atoms with Gasteiger partial charge in [-0.2, -0.15) is 0 Å². The van der Waals surface area contributed by atoms with E-state index in [-0.39, 0.29) is 18.3 Å². The predicted molar refractivity (Wildman–Crippen MR) is 71.3 cm³/mol. The van der Waals surface area contributed by atoms with Crippen molar-refractivity contribution in [2.45, 2.75) is 31.7 Å². The summed E-state index contributed by atoms with van der Waals surface area (Å²) in [5.74, 6) is -1.75. The Morgan fingerprint density at radius 2 is 1.95 bits per heavy atom. The largest absolute Gasteiger partial charge is 0.396 e. The van der Waals surface area contributed by atoms with E-state index in [2.05, 4.69) is 10.6 Å². The topological polar surface area (TPSA) is 61.4 Å². The van der Waals surface area contributed by atoms with Crippen LogP contribution in [0.5, 0.6) is 0 Å². The number of aliphatic hydroxyl groups excluding tert-OH is 1. The summed E-state index contributed by atoms with van der Waals surface area (Å²) < 4.78 is 26.4. The van der Waals surface area contributed by atoms with Gasteiger partial charge in [0.05, 0.1) is 5.69 Å². The minimum Gasteiger partial charge on any atom is -0.396 e. The van der Waals surface area contributed by atoms with Crippen LogP contribution in [-0.4, -0.2) is 23.8 Å². The molecule has 1 aromatic rings. The number of nitrogens with one attached hydrogen (secondary N) is 2. The highest BCUT2D eigenvalue weighted by Gasteiger charge is 2.22. The third kappa shape index (κ3) is 3.66. The molecule has 0 heterocycles. The molecule has 2 amide bonds. The van der Waals surface area contributed by atoms with E-state index in [1.807, 2.05) is 0 Å². The minimum absolute atomic E-state index is 0.00872. The lowest BCUT2D eigenvalue weighted by atomic mass is 9.87. The number of benzene rings is 1. The maximum Gasteiger partial charge on any atom is 0.319 e. The summed E-state index contributed by atoms with van der Waals surface area (Å²) in [5, 5.41) is 14.1. The van der Waals surface area contributed by atoms with Crippen LogP contribution < -0.4 is 10.6 Å². The van der Waals surface area contributed by atoms with Gasteiger partial charge in [-0.05, 0) is 43.7 Å². The molecule has 0 bridgehead atoms. The van der Waals surface area contributed by atoms with Gasteiger partial charge in [0, 0.05) is 12.6 Å². The molecule has 0 radical (unpaired) electrons. The van der Waals surface area contributed by atoms with Gasteiger partial charge in [-0.3, -0.25) is 0 Å². The van der Waals surface area contributed by atoms with Gasteiger partial charge in [0.15, 0.2) is 11.6 Å². The molecule has 20 heavy (non-hydrogen) atoms. The molecular formula is C14H18F2N2O2. The van der Waals surface area contributed by atoms with Crippen molar-refractivity contribution in [3.63, 3.8) is 0 Å². The molecule has 1 aliphatic carbocycles. The number of carbonyl (C=O) groups excluding carboxylic acids is 1. The molecule has 2 rings (SSSR count). The number of halogens is 2. The van der Waals surface area contributed by atoms with E-state index in [1.54, 1.807) is 0 Å². The number of hydrogen-bond acceptors (Lipinski definition) is 2. The van der Waals surface area contributed by atoms with E-state index >= 15 is 0 Å². The van der Waals surface area contributed by atoms with Crippen molar-refractivity contribution >= 4 is 11.7 Å². The molecular weight excluding hydrogens is 266 g/mol. The number of hydrogen-bond donors (Lipinski definition) is 3. The maximum absolute atomic E-state index is 13.4. The summed E-state index contributed by atoms with van der Waals surface area (Å²) >= 11 is 0. The quantitative estimate of drug-likeness (QED) is 0.799. The molecule has 1 fully saturated rings. The van der Waals surface area contributed by atoms with E-state index in [9.17, 15) is 13.6 Å². The van der Waals surface area contributed by atoms with Crippen LogP contribution in [0, 0.1) is 17.6 Å². The average Bonchev–Trinajstić information content (AvgIpc) is 2.45. The first kappa shape index (κ1) is 14.7. The fourth-order valence-corrected chi connectivity index (χ4v) is 2.43. The lowest BCUT2D eigenvalue weighted by molar-refractivity contribution is 0.176. The van der Waals surface area contributed by atoms with Crippen LogP contribution in [0.15, 0.2) is 18.2 Å². The smallest absolute Gasteiger partial charge is 0.319 e. The van der Waals surface area contributed by atoms with Crippen LogP contribution in [0.4, 0.5) is 19.3 Å². The standard InChI is InChI=1S/C14H18F2N2O2/c15-11-2-1-3-12(13(11)16)18-14(20)17-10-6-4-9(8-19)5-7-10/h1-3,9-10,19H,4-8H2,(H2,17,18,20). The van der Waals surface area contributed by atoms with Crippen LogP contribution in [0.1, 0.15) is 25.7 Å². The van der Waals surface area contributed by atoms with E-state index < -0.39 is 17.7 Å². The number of carbonyl (C=O) groups is 1. The Bertz CT molecular complexity index is 474.